The van der Waals surface area contributed by atoms with Crippen LogP contribution in [-0.2, 0) is 0 Å². The predicted molar refractivity (Wildman–Crippen MR) is 56.8 cm³/mol. The fourth-order valence-corrected chi connectivity index (χ4v) is 1.06. The highest BCUT2D eigenvalue weighted by atomic mass is 16.4. The first-order valence-corrected chi connectivity index (χ1v) is 4.96. The van der Waals surface area contributed by atoms with Gasteiger partial charge in [-0.2, -0.15) is 0 Å². The Hall–Kier alpha value is -1.58. The molecule has 4 heteroatoms. The van der Waals surface area contributed by atoms with Crippen molar-refractivity contribution in [2.24, 2.45) is 5.92 Å². The SMILES string of the molecule is CC(C)CCNC(=O)c1ccc(=O)oc1. The Kier molecular flexibility index (Phi) is 4.09. The van der Waals surface area contributed by atoms with Crippen LogP contribution in [0.1, 0.15) is 30.6 Å². The van der Waals surface area contributed by atoms with Gasteiger partial charge in [0.05, 0.1) is 5.56 Å². The molecule has 0 atom stereocenters. The van der Waals surface area contributed by atoms with Crippen molar-refractivity contribution in [3.8, 4) is 0 Å². The second-order valence-electron chi connectivity index (χ2n) is 3.78. The van der Waals surface area contributed by atoms with E-state index in [4.69, 9.17) is 0 Å². The lowest BCUT2D eigenvalue weighted by atomic mass is 10.1. The molecule has 15 heavy (non-hydrogen) atoms. The monoisotopic (exact) mass is 209 g/mol. The molecular weight excluding hydrogens is 194 g/mol. The molecule has 0 unspecified atom stereocenters. The van der Waals surface area contributed by atoms with E-state index in [1.807, 2.05) is 0 Å². The second-order valence-corrected chi connectivity index (χ2v) is 3.78. The van der Waals surface area contributed by atoms with Crippen molar-refractivity contribution in [3.05, 3.63) is 34.4 Å². The van der Waals surface area contributed by atoms with E-state index in [1.165, 1.54) is 18.4 Å². The molecule has 1 rings (SSSR count). The van der Waals surface area contributed by atoms with Gasteiger partial charge in [-0.3, -0.25) is 4.79 Å². The maximum absolute atomic E-state index is 11.5. The van der Waals surface area contributed by atoms with Gasteiger partial charge in [-0.05, 0) is 18.4 Å². The van der Waals surface area contributed by atoms with Gasteiger partial charge >= 0.3 is 5.63 Å². The Balaban J connectivity index is 2.47. The van der Waals surface area contributed by atoms with E-state index in [9.17, 15) is 9.59 Å². The lowest BCUT2D eigenvalue weighted by Crippen LogP contribution is -2.25. The van der Waals surface area contributed by atoms with Crippen molar-refractivity contribution in [2.75, 3.05) is 6.54 Å². The lowest BCUT2D eigenvalue weighted by molar-refractivity contribution is 0.0949. The van der Waals surface area contributed by atoms with E-state index in [2.05, 4.69) is 23.6 Å². The van der Waals surface area contributed by atoms with E-state index in [-0.39, 0.29) is 5.91 Å². The molecule has 1 amide bonds. The Morgan fingerprint density at radius 1 is 1.47 bits per heavy atom. The number of carbonyl (C=O) groups excluding carboxylic acids is 1. The van der Waals surface area contributed by atoms with Crippen LogP contribution in [0.5, 0.6) is 0 Å². The zero-order valence-corrected chi connectivity index (χ0v) is 8.95. The summed E-state index contributed by atoms with van der Waals surface area (Å²) in [5, 5.41) is 2.75. The molecule has 82 valence electrons. The van der Waals surface area contributed by atoms with Crippen LogP contribution in [0.15, 0.2) is 27.6 Å². The summed E-state index contributed by atoms with van der Waals surface area (Å²) in [5.74, 6) is 0.346. The summed E-state index contributed by atoms with van der Waals surface area (Å²) in [7, 11) is 0. The van der Waals surface area contributed by atoms with Crippen molar-refractivity contribution < 1.29 is 9.21 Å². The van der Waals surface area contributed by atoms with Crippen molar-refractivity contribution in [1.82, 2.24) is 5.32 Å². The van der Waals surface area contributed by atoms with Gasteiger partial charge in [0.25, 0.3) is 5.91 Å². The molecule has 1 heterocycles. The molecule has 0 aliphatic heterocycles. The van der Waals surface area contributed by atoms with Gasteiger partial charge in [-0.1, -0.05) is 13.8 Å². The molecule has 0 aromatic carbocycles. The van der Waals surface area contributed by atoms with E-state index < -0.39 is 5.63 Å². The summed E-state index contributed by atoms with van der Waals surface area (Å²) >= 11 is 0. The van der Waals surface area contributed by atoms with Crippen LogP contribution in [0, 0.1) is 5.92 Å². The van der Waals surface area contributed by atoms with Gasteiger partial charge in [0.15, 0.2) is 0 Å². The number of carbonyl (C=O) groups is 1. The van der Waals surface area contributed by atoms with Crippen molar-refractivity contribution in [3.63, 3.8) is 0 Å². The van der Waals surface area contributed by atoms with Gasteiger partial charge in [-0.25, -0.2) is 4.79 Å². The average molecular weight is 209 g/mol. The normalized spacial score (nSPS) is 10.3. The Morgan fingerprint density at radius 3 is 2.73 bits per heavy atom. The van der Waals surface area contributed by atoms with E-state index in [0.717, 1.165) is 6.42 Å². The highest BCUT2D eigenvalue weighted by Gasteiger charge is 2.05. The molecule has 0 fully saturated rings. The molecule has 0 saturated heterocycles. The summed E-state index contributed by atoms with van der Waals surface area (Å²) in [5.41, 5.74) is -0.0768. The first kappa shape index (κ1) is 11.5. The number of amides is 1. The third-order valence-electron chi connectivity index (χ3n) is 1.97. The first-order valence-electron chi connectivity index (χ1n) is 4.96. The Labute approximate surface area is 88.3 Å². The predicted octanol–water partition coefficient (Wildman–Crippen LogP) is 1.42. The quantitative estimate of drug-likeness (QED) is 0.815. The fourth-order valence-electron chi connectivity index (χ4n) is 1.06. The largest absolute Gasteiger partial charge is 0.430 e. The molecular formula is C11H15NO3. The van der Waals surface area contributed by atoms with Crippen LogP contribution in [-0.4, -0.2) is 12.5 Å². The number of hydrogen-bond donors (Lipinski definition) is 1. The molecule has 0 saturated carbocycles. The number of rotatable bonds is 4. The summed E-state index contributed by atoms with van der Waals surface area (Å²) in [6.45, 7) is 4.82. The maximum Gasteiger partial charge on any atom is 0.335 e. The van der Waals surface area contributed by atoms with Crippen LogP contribution in [0.4, 0.5) is 0 Å². The molecule has 1 N–H and O–H groups in total. The summed E-state index contributed by atoms with van der Waals surface area (Å²) in [6.07, 6.45) is 2.11. The zero-order chi connectivity index (χ0) is 11.3. The smallest absolute Gasteiger partial charge is 0.335 e. The molecule has 0 spiro atoms. The van der Waals surface area contributed by atoms with Crippen molar-refractivity contribution in [2.45, 2.75) is 20.3 Å². The minimum atomic E-state index is -0.450. The molecule has 4 nitrogen and oxygen atoms in total. The number of nitrogens with one attached hydrogen (secondary N) is 1. The van der Waals surface area contributed by atoms with Crippen LogP contribution in [0.2, 0.25) is 0 Å². The lowest BCUT2D eigenvalue weighted by Gasteiger charge is -2.06. The average Bonchev–Trinajstić information content (AvgIpc) is 2.18. The summed E-state index contributed by atoms with van der Waals surface area (Å²) < 4.78 is 4.59. The third kappa shape index (κ3) is 3.97. The van der Waals surface area contributed by atoms with E-state index in [1.54, 1.807) is 0 Å². The van der Waals surface area contributed by atoms with Crippen LogP contribution < -0.4 is 10.9 Å². The third-order valence-corrected chi connectivity index (χ3v) is 1.97. The van der Waals surface area contributed by atoms with Crippen molar-refractivity contribution in [1.29, 1.82) is 0 Å². The van der Waals surface area contributed by atoms with E-state index in [0.29, 0.717) is 18.0 Å². The Bertz CT molecular complexity index is 361. The molecule has 0 aliphatic carbocycles. The molecule has 0 bridgehead atoms. The minimum absolute atomic E-state index is 0.209. The molecule has 1 aromatic heterocycles. The van der Waals surface area contributed by atoms with Gasteiger partial charge in [0.1, 0.15) is 6.26 Å². The highest BCUT2D eigenvalue weighted by molar-refractivity contribution is 5.93. The highest BCUT2D eigenvalue weighted by Crippen LogP contribution is 1.98. The zero-order valence-electron chi connectivity index (χ0n) is 8.95. The molecule has 0 aliphatic rings. The Morgan fingerprint density at radius 2 is 2.20 bits per heavy atom. The van der Waals surface area contributed by atoms with Gasteiger partial charge in [0, 0.05) is 12.6 Å². The topological polar surface area (TPSA) is 59.3 Å². The number of hydrogen-bond acceptors (Lipinski definition) is 3. The van der Waals surface area contributed by atoms with Crippen LogP contribution in [0.3, 0.4) is 0 Å². The molecule has 1 aromatic rings. The van der Waals surface area contributed by atoms with Crippen LogP contribution in [0.25, 0.3) is 0 Å². The standard InChI is InChI=1S/C11H15NO3/c1-8(2)5-6-12-11(14)9-3-4-10(13)15-7-9/h3-4,7-8H,5-6H2,1-2H3,(H,12,14). The van der Waals surface area contributed by atoms with Gasteiger partial charge in [0.2, 0.25) is 0 Å². The second kappa shape index (κ2) is 5.34. The van der Waals surface area contributed by atoms with Gasteiger partial charge < -0.3 is 9.73 Å². The minimum Gasteiger partial charge on any atom is -0.430 e. The van der Waals surface area contributed by atoms with Gasteiger partial charge in [-0.15, -0.1) is 0 Å². The van der Waals surface area contributed by atoms with Crippen molar-refractivity contribution >= 4 is 5.91 Å². The summed E-state index contributed by atoms with van der Waals surface area (Å²) in [4.78, 5) is 22.1. The fraction of sp³-hybridized carbons (Fsp3) is 0.455. The van der Waals surface area contributed by atoms with E-state index >= 15 is 0 Å². The maximum atomic E-state index is 11.5. The molecule has 0 radical (unpaired) electrons. The van der Waals surface area contributed by atoms with Crippen LogP contribution >= 0.6 is 0 Å². The summed E-state index contributed by atoms with van der Waals surface area (Å²) in [6, 6.07) is 2.69. The first-order chi connectivity index (χ1) is 7.09.